The summed E-state index contributed by atoms with van der Waals surface area (Å²) in [4.78, 5) is 2.37. The summed E-state index contributed by atoms with van der Waals surface area (Å²) < 4.78 is 34.5. The summed E-state index contributed by atoms with van der Waals surface area (Å²) in [6.07, 6.45) is 2.35. The third-order valence-electron chi connectivity index (χ3n) is 4.23. The van der Waals surface area contributed by atoms with Crippen LogP contribution < -0.4 is 15.2 Å². The highest BCUT2D eigenvalue weighted by molar-refractivity contribution is 5.43. The van der Waals surface area contributed by atoms with E-state index in [0.717, 1.165) is 23.4 Å². The molecule has 4 nitrogen and oxygen atoms in total. The Morgan fingerprint density at radius 1 is 1.08 bits per heavy atom. The SMILES string of the molecule is COc1cc(CN(Cc2cccc(N)c2)C2CC2)ccc1OC(F)F. The third kappa shape index (κ3) is 4.82. The zero-order chi connectivity index (χ0) is 17.8. The van der Waals surface area contributed by atoms with Crippen LogP contribution in [0.4, 0.5) is 14.5 Å². The topological polar surface area (TPSA) is 47.7 Å². The summed E-state index contributed by atoms with van der Waals surface area (Å²) in [7, 11) is 1.45. The molecular weight excluding hydrogens is 326 g/mol. The standard InChI is InChI=1S/C19H22F2N2O2/c1-24-18-10-14(5-8-17(18)25-19(20)21)12-23(16-6-7-16)11-13-3-2-4-15(22)9-13/h2-5,8-10,16,19H,6-7,11-12,22H2,1H3. The van der Waals surface area contributed by atoms with Crippen molar-refractivity contribution in [1.82, 2.24) is 4.90 Å². The van der Waals surface area contributed by atoms with Gasteiger partial charge in [-0.2, -0.15) is 8.78 Å². The lowest BCUT2D eigenvalue weighted by Crippen LogP contribution is -2.25. The van der Waals surface area contributed by atoms with Gasteiger partial charge < -0.3 is 15.2 Å². The Morgan fingerprint density at radius 3 is 2.40 bits per heavy atom. The maximum absolute atomic E-state index is 12.4. The summed E-state index contributed by atoms with van der Waals surface area (Å²) in [5.74, 6) is 0.368. The number of nitrogens with two attached hydrogens (primary N) is 1. The van der Waals surface area contributed by atoms with Gasteiger partial charge in [-0.1, -0.05) is 18.2 Å². The summed E-state index contributed by atoms with van der Waals surface area (Å²) in [5.41, 5.74) is 8.77. The van der Waals surface area contributed by atoms with Gasteiger partial charge in [0.05, 0.1) is 7.11 Å². The Kier molecular flexibility index (Phi) is 5.38. The number of halogens is 2. The Balaban J connectivity index is 1.74. The molecule has 2 aromatic carbocycles. The van der Waals surface area contributed by atoms with Crippen molar-refractivity contribution in [3.8, 4) is 11.5 Å². The molecule has 0 atom stereocenters. The fourth-order valence-electron chi connectivity index (χ4n) is 2.92. The molecule has 134 valence electrons. The monoisotopic (exact) mass is 348 g/mol. The van der Waals surface area contributed by atoms with E-state index >= 15 is 0 Å². The van der Waals surface area contributed by atoms with Crippen molar-refractivity contribution in [1.29, 1.82) is 0 Å². The van der Waals surface area contributed by atoms with E-state index in [9.17, 15) is 8.78 Å². The molecule has 0 saturated heterocycles. The van der Waals surface area contributed by atoms with Gasteiger partial charge in [0.25, 0.3) is 0 Å². The first-order valence-corrected chi connectivity index (χ1v) is 8.25. The number of hydrogen-bond donors (Lipinski definition) is 1. The molecule has 1 saturated carbocycles. The number of ether oxygens (including phenoxy) is 2. The first-order chi connectivity index (χ1) is 12.0. The molecule has 25 heavy (non-hydrogen) atoms. The fourth-order valence-corrected chi connectivity index (χ4v) is 2.92. The quantitative estimate of drug-likeness (QED) is 0.732. The molecule has 0 unspecified atom stereocenters. The van der Waals surface area contributed by atoms with E-state index in [-0.39, 0.29) is 5.75 Å². The Bertz CT molecular complexity index is 720. The number of rotatable bonds is 8. The van der Waals surface area contributed by atoms with Crippen LogP contribution in [0.5, 0.6) is 11.5 Å². The molecule has 3 rings (SSSR count). The second-order valence-corrected chi connectivity index (χ2v) is 6.24. The number of benzene rings is 2. The number of anilines is 1. The summed E-state index contributed by atoms with van der Waals surface area (Å²) in [5, 5.41) is 0. The molecule has 2 N–H and O–H groups in total. The lowest BCUT2D eigenvalue weighted by Gasteiger charge is -2.23. The summed E-state index contributed by atoms with van der Waals surface area (Å²) in [6.45, 7) is -1.36. The molecule has 1 aliphatic carbocycles. The van der Waals surface area contributed by atoms with Crippen molar-refractivity contribution in [3.05, 3.63) is 53.6 Å². The first kappa shape index (κ1) is 17.5. The van der Waals surface area contributed by atoms with Crippen LogP contribution in [0.2, 0.25) is 0 Å². The molecule has 0 aromatic heterocycles. The Hall–Kier alpha value is -2.34. The lowest BCUT2D eigenvalue weighted by atomic mass is 10.1. The van der Waals surface area contributed by atoms with E-state index in [0.29, 0.717) is 18.3 Å². The molecule has 1 fully saturated rings. The van der Waals surface area contributed by atoms with Crippen molar-refractivity contribution in [2.24, 2.45) is 0 Å². The van der Waals surface area contributed by atoms with Crippen LogP contribution in [0, 0.1) is 0 Å². The average molecular weight is 348 g/mol. The van der Waals surface area contributed by atoms with Crippen LogP contribution >= 0.6 is 0 Å². The van der Waals surface area contributed by atoms with Gasteiger partial charge in [-0.25, -0.2) is 0 Å². The second-order valence-electron chi connectivity index (χ2n) is 6.24. The molecule has 0 spiro atoms. The largest absolute Gasteiger partial charge is 0.493 e. The predicted octanol–water partition coefficient (Wildman–Crippen LogP) is 4.04. The lowest BCUT2D eigenvalue weighted by molar-refractivity contribution is -0.0512. The summed E-state index contributed by atoms with van der Waals surface area (Å²) >= 11 is 0. The van der Waals surface area contributed by atoms with Gasteiger partial charge in [-0.3, -0.25) is 4.90 Å². The van der Waals surface area contributed by atoms with Crippen LogP contribution in [-0.2, 0) is 13.1 Å². The van der Waals surface area contributed by atoms with Crippen LogP contribution in [0.3, 0.4) is 0 Å². The minimum absolute atomic E-state index is 0.0510. The Morgan fingerprint density at radius 2 is 1.80 bits per heavy atom. The smallest absolute Gasteiger partial charge is 0.387 e. The van der Waals surface area contributed by atoms with Gasteiger partial charge in [0.2, 0.25) is 0 Å². The van der Waals surface area contributed by atoms with E-state index < -0.39 is 6.61 Å². The van der Waals surface area contributed by atoms with Crippen molar-refractivity contribution in [2.75, 3.05) is 12.8 Å². The molecule has 0 bridgehead atoms. The van der Waals surface area contributed by atoms with Gasteiger partial charge in [0.1, 0.15) is 0 Å². The number of nitrogens with zero attached hydrogens (tertiary/aromatic N) is 1. The van der Waals surface area contributed by atoms with E-state index in [1.54, 1.807) is 12.1 Å². The zero-order valence-electron chi connectivity index (χ0n) is 14.1. The normalized spacial score (nSPS) is 14.1. The maximum Gasteiger partial charge on any atom is 0.387 e. The maximum atomic E-state index is 12.4. The highest BCUT2D eigenvalue weighted by atomic mass is 19.3. The van der Waals surface area contributed by atoms with E-state index in [1.807, 2.05) is 18.2 Å². The number of nitrogen functional groups attached to an aromatic ring is 1. The molecule has 0 radical (unpaired) electrons. The number of alkyl halides is 2. The van der Waals surface area contributed by atoms with E-state index in [4.69, 9.17) is 10.5 Å². The minimum atomic E-state index is -2.87. The predicted molar refractivity (Wildman–Crippen MR) is 92.7 cm³/mol. The molecule has 2 aromatic rings. The van der Waals surface area contributed by atoms with Gasteiger partial charge in [-0.15, -0.1) is 0 Å². The van der Waals surface area contributed by atoms with Crippen LogP contribution in [0.15, 0.2) is 42.5 Å². The molecule has 6 heteroatoms. The second kappa shape index (κ2) is 7.70. The molecule has 0 aliphatic heterocycles. The average Bonchev–Trinajstić information content (AvgIpc) is 3.40. The molecule has 1 aliphatic rings. The highest BCUT2D eigenvalue weighted by Gasteiger charge is 2.29. The van der Waals surface area contributed by atoms with Gasteiger partial charge in [0.15, 0.2) is 11.5 Å². The van der Waals surface area contributed by atoms with Crippen LogP contribution in [0.25, 0.3) is 0 Å². The van der Waals surface area contributed by atoms with Crippen molar-refractivity contribution >= 4 is 5.69 Å². The van der Waals surface area contributed by atoms with E-state index in [2.05, 4.69) is 15.7 Å². The fraction of sp³-hybridized carbons (Fsp3) is 0.368. The van der Waals surface area contributed by atoms with Gasteiger partial charge >= 0.3 is 6.61 Å². The number of methoxy groups -OCH3 is 1. The molecule has 0 amide bonds. The highest BCUT2D eigenvalue weighted by Crippen LogP contribution is 2.33. The van der Waals surface area contributed by atoms with Crippen LogP contribution in [-0.4, -0.2) is 24.7 Å². The van der Waals surface area contributed by atoms with E-state index in [1.165, 1.54) is 26.0 Å². The van der Waals surface area contributed by atoms with Crippen molar-refractivity contribution < 1.29 is 18.3 Å². The molecular formula is C19H22F2N2O2. The van der Waals surface area contributed by atoms with Gasteiger partial charge in [0, 0.05) is 24.8 Å². The number of hydrogen-bond acceptors (Lipinski definition) is 4. The zero-order valence-corrected chi connectivity index (χ0v) is 14.1. The minimum Gasteiger partial charge on any atom is -0.493 e. The Labute approximate surface area is 146 Å². The summed E-state index contributed by atoms with van der Waals surface area (Å²) in [6, 6.07) is 13.5. The van der Waals surface area contributed by atoms with Crippen molar-refractivity contribution in [2.45, 2.75) is 38.6 Å². The first-order valence-electron chi connectivity index (χ1n) is 8.25. The van der Waals surface area contributed by atoms with Crippen molar-refractivity contribution in [3.63, 3.8) is 0 Å². The van der Waals surface area contributed by atoms with Gasteiger partial charge in [-0.05, 0) is 48.2 Å². The van der Waals surface area contributed by atoms with Crippen LogP contribution in [0.1, 0.15) is 24.0 Å². The molecule has 0 heterocycles. The third-order valence-corrected chi connectivity index (χ3v) is 4.23.